The number of pyridine rings is 1. The van der Waals surface area contributed by atoms with E-state index >= 15 is 0 Å². The van der Waals surface area contributed by atoms with Gasteiger partial charge in [0.25, 0.3) is 5.91 Å². The Hall–Kier alpha value is -3.94. The monoisotopic (exact) mass is 408 g/mol. The van der Waals surface area contributed by atoms with Gasteiger partial charge in [0.15, 0.2) is 17.5 Å². The highest BCUT2D eigenvalue weighted by atomic mass is 19.1. The summed E-state index contributed by atoms with van der Waals surface area (Å²) in [6.45, 7) is 7.34. The number of allylic oxidation sites excluding steroid dienone is 1. The molecule has 3 rings (SSSR count). The van der Waals surface area contributed by atoms with Gasteiger partial charge < -0.3 is 10.1 Å². The second-order valence-corrected chi connectivity index (χ2v) is 6.19. The number of carbonyl (C=O) groups excluding carboxylic acids is 1. The molecule has 0 atom stereocenters. The molecule has 0 saturated heterocycles. The lowest BCUT2D eigenvalue weighted by Crippen LogP contribution is -2.17. The van der Waals surface area contributed by atoms with E-state index in [-0.39, 0.29) is 5.82 Å². The first-order valence-corrected chi connectivity index (χ1v) is 8.92. The second kappa shape index (κ2) is 9.04. The van der Waals surface area contributed by atoms with Crippen LogP contribution in [0.15, 0.2) is 61.9 Å². The third kappa shape index (κ3) is 4.38. The van der Waals surface area contributed by atoms with Crippen molar-refractivity contribution in [3.05, 3.63) is 90.2 Å². The number of nitrogens with one attached hydrogen (secondary N) is 1. The number of hydrogen-bond donors (Lipinski definition) is 1. The Kier molecular flexibility index (Phi) is 6.26. The van der Waals surface area contributed by atoms with Gasteiger partial charge in [-0.3, -0.25) is 14.8 Å². The molecule has 152 valence electrons. The zero-order valence-electron chi connectivity index (χ0n) is 16.3. The lowest BCUT2D eigenvalue weighted by Gasteiger charge is -2.11. The van der Waals surface area contributed by atoms with Crippen molar-refractivity contribution < 1.29 is 18.3 Å². The Morgan fingerprint density at radius 3 is 2.47 bits per heavy atom. The van der Waals surface area contributed by atoms with Gasteiger partial charge >= 0.3 is 0 Å². The Morgan fingerprint density at radius 2 is 1.87 bits per heavy atom. The van der Waals surface area contributed by atoms with Crippen LogP contribution in [-0.2, 0) is 4.74 Å². The molecule has 3 aromatic rings. The molecule has 0 aliphatic heterocycles. The molecule has 0 saturated carbocycles. The van der Waals surface area contributed by atoms with Crippen molar-refractivity contribution in [3.8, 4) is 11.3 Å². The van der Waals surface area contributed by atoms with Crippen LogP contribution in [0.3, 0.4) is 0 Å². The minimum atomic E-state index is -1.06. The molecular weight excluding hydrogens is 390 g/mol. The predicted octanol–water partition coefficient (Wildman–Crippen LogP) is 4.90. The number of halogens is 2. The number of aromatic nitrogens is 3. The van der Waals surface area contributed by atoms with Gasteiger partial charge in [-0.2, -0.15) is 0 Å². The fourth-order valence-electron chi connectivity index (χ4n) is 2.78. The quantitative estimate of drug-likeness (QED) is 0.587. The van der Waals surface area contributed by atoms with Gasteiger partial charge in [0.05, 0.1) is 36.7 Å². The molecule has 0 spiro atoms. The van der Waals surface area contributed by atoms with Crippen LogP contribution in [0.5, 0.6) is 0 Å². The number of rotatable bonds is 6. The van der Waals surface area contributed by atoms with Crippen molar-refractivity contribution in [1.29, 1.82) is 0 Å². The number of benzene rings is 1. The van der Waals surface area contributed by atoms with Gasteiger partial charge in [-0.05, 0) is 31.6 Å². The molecule has 1 amide bonds. The van der Waals surface area contributed by atoms with E-state index < -0.39 is 23.1 Å². The summed E-state index contributed by atoms with van der Waals surface area (Å²) >= 11 is 0. The van der Waals surface area contributed by atoms with Gasteiger partial charge in [-0.15, -0.1) is 0 Å². The van der Waals surface area contributed by atoms with Crippen molar-refractivity contribution in [3.63, 3.8) is 0 Å². The van der Waals surface area contributed by atoms with E-state index in [1.807, 2.05) is 38.1 Å². The summed E-state index contributed by atoms with van der Waals surface area (Å²) < 4.78 is 32.8. The van der Waals surface area contributed by atoms with Crippen LogP contribution in [0.1, 0.15) is 28.4 Å². The average molecular weight is 408 g/mol. The average Bonchev–Trinajstić information content (AvgIpc) is 2.73. The molecule has 6 nitrogen and oxygen atoms in total. The number of aryl methyl sites for hydroxylation is 1. The van der Waals surface area contributed by atoms with Gasteiger partial charge in [-0.1, -0.05) is 18.7 Å². The van der Waals surface area contributed by atoms with Crippen LogP contribution >= 0.6 is 0 Å². The number of amides is 1. The summed E-state index contributed by atoms with van der Waals surface area (Å²) in [5, 5.41) is 2.33. The van der Waals surface area contributed by atoms with Gasteiger partial charge in [-0.25, -0.2) is 13.8 Å². The van der Waals surface area contributed by atoms with Crippen molar-refractivity contribution in [2.24, 2.45) is 0 Å². The van der Waals surface area contributed by atoms with Crippen molar-refractivity contribution >= 4 is 17.5 Å². The Balaban J connectivity index is 1.86. The van der Waals surface area contributed by atoms with E-state index in [1.54, 1.807) is 0 Å². The fourth-order valence-corrected chi connectivity index (χ4v) is 2.78. The van der Waals surface area contributed by atoms with Crippen LogP contribution in [0.2, 0.25) is 0 Å². The fraction of sp³-hybridized carbons (Fsp3) is 0.0909. The summed E-state index contributed by atoms with van der Waals surface area (Å²) in [5.74, 6) is -2.41. The van der Waals surface area contributed by atoms with E-state index in [0.29, 0.717) is 11.5 Å². The molecule has 30 heavy (non-hydrogen) atoms. The number of ether oxygens (including phenoxy) is 1. The van der Waals surface area contributed by atoms with E-state index in [1.165, 1.54) is 18.7 Å². The van der Waals surface area contributed by atoms with Gasteiger partial charge in [0.2, 0.25) is 0 Å². The van der Waals surface area contributed by atoms with Crippen LogP contribution in [0.4, 0.5) is 14.6 Å². The van der Waals surface area contributed by atoms with Gasteiger partial charge in [0, 0.05) is 11.1 Å². The highest BCUT2D eigenvalue weighted by Crippen LogP contribution is 2.27. The van der Waals surface area contributed by atoms with Crippen LogP contribution in [-0.4, -0.2) is 20.9 Å². The summed E-state index contributed by atoms with van der Waals surface area (Å²) in [7, 11) is 0. The maximum atomic E-state index is 13.7. The summed E-state index contributed by atoms with van der Waals surface area (Å²) in [6.07, 6.45) is 7.46. The van der Waals surface area contributed by atoms with Crippen LogP contribution < -0.4 is 5.32 Å². The minimum absolute atomic E-state index is 0.0531. The topological polar surface area (TPSA) is 77.0 Å². The SMILES string of the molecule is C=CO/C(=C\C)c1ccc(C)c(-c2cnc(NC(=O)c3c(F)cncc3F)cn2)c1. The first-order chi connectivity index (χ1) is 14.4. The van der Waals surface area contributed by atoms with E-state index in [2.05, 4.69) is 26.8 Å². The number of anilines is 1. The highest BCUT2D eigenvalue weighted by Gasteiger charge is 2.18. The summed E-state index contributed by atoms with van der Waals surface area (Å²) in [4.78, 5) is 24.0. The number of hydrogen-bond acceptors (Lipinski definition) is 5. The standard InChI is InChI=1S/C22H18F2N4O2/c1-4-19(30-5-2)14-7-6-13(3)15(8-14)18-11-27-20(12-26-18)28-22(29)21-16(23)9-25-10-17(21)24/h4-12H,2H2,1,3H3,(H,27,28,29)/b19-4-. The first-order valence-electron chi connectivity index (χ1n) is 8.92. The molecule has 0 aliphatic carbocycles. The second-order valence-electron chi connectivity index (χ2n) is 6.19. The van der Waals surface area contributed by atoms with Crippen molar-refractivity contribution in [1.82, 2.24) is 15.0 Å². The Bertz CT molecular complexity index is 1110. The van der Waals surface area contributed by atoms with E-state index in [0.717, 1.165) is 29.1 Å². The molecule has 0 radical (unpaired) electrons. The third-order valence-electron chi connectivity index (χ3n) is 4.24. The summed E-state index contributed by atoms with van der Waals surface area (Å²) in [5.41, 5.74) is 2.43. The van der Waals surface area contributed by atoms with E-state index in [4.69, 9.17) is 4.74 Å². The number of carbonyl (C=O) groups is 1. The molecule has 0 aliphatic rings. The zero-order valence-corrected chi connectivity index (χ0v) is 16.3. The minimum Gasteiger partial charge on any atom is -0.465 e. The Morgan fingerprint density at radius 1 is 1.13 bits per heavy atom. The first kappa shape index (κ1) is 20.8. The number of nitrogens with zero attached hydrogens (tertiary/aromatic N) is 3. The smallest absolute Gasteiger partial charge is 0.262 e. The van der Waals surface area contributed by atoms with Crippen molar-refractivity contribution in [2.45, 2.75) is 13.8 Å². The normalized spacial score (nSPS) is 11.1. The largest absolute Gasteiger partial charge is 0.465 e. The molecule has 0 bridgehead atoms. The lowest BCUT2D eigenvalue weighted by molar-refractivity contribution is 0.101. The molecule has 2 aromatic heterocycles. The highest BCUT2D eigenvalue weighted by molar-refractivity contribution is 6.04. The lowest BCUT2D eigenvalue weighted by atomic mass is 10.0. The molecule has 2 heterocycles. The van der Waals surface area contributed by atoms with Crippen molar-refractivity contribution in [2.75, 3.05) is 5.32 Å². The maximum absolute atomic E-state index is 13.7. The van der Waals surface area contributed by atoms with E-state index in [9.17, 15) is 13.6 Å². The molecule has 8 heteroatoms. The molecule has 0 unspecified atom stereocenters. The molecule has 1 aromatic carbocycles. The maximum Gasteiger partial charge on any atom is 0.262 e. The van der Waals surface area contributed by atoms with Gasteiger partial charge in [0.1, 0.15) is 11.3 Å². The molecular formula is C22H18F2N4O2. The third-order valence-corrected chi connectivity index (χ3v) is 4.24. The summed E-state index contributed by atoms with van der Waals surface area (Å²) in [6, 6.07) is 5.74. The molecule has 1 N–H and O–H groups in total. The predicted molar refractivity (Wildman–Crippen MR) is 109 cm³/mol. The molecule has 0 fully saturated rings. The Labute approximate surface area is 172 Å². The van der Waals surface area contributed by atoms with Crippen LogP contribution in [0, 0.1) is 18.6 Å². The van der Waals surface area contributed by atoms with Crippen LogP contribution in [0.25, 0.3) is 17.0 Å². The zero-order chi connectivity index (χ0) is 21.7.